The molecule has 0 unspecified atom stereocenters. The summed E-state index contributed by atoms with van der Waals surface area (Å²) in [7, 11) is 0. The molecule has 1 aromatic heterocycles. The molecule has 6 nitrogen and oxygen atoms in total. The number of amides is 3. The Balaban J connectivity index is 1.47. The number of rotatable bonds is 5. The first-order valence-corrected chi connectivity index (χ1v) is 9.80. The molecule has 3 heterocycles. The van der Waals surface area contributed by atoms with Crippen LogP contribution >= 0.6 is 11.3 Å². The van der Waals surface area contributed by atoms with Gasteiger partial charge in [-0.1, -0.05) is 0 Å². The highest BCUT2D eigenvalue weighted by molar-refractivity contribution is 7.11. The average molecular weight is 384 g/mol. The Labute approximate surface area is 161 Å². The van der Waals surface area contributed by atoms with Gasteiger partial charge in [-0.05, 0) is 50.1 Å². The highest BCUT2D eigenvalue weighted by Crippen LogP contribution is 2.26. The minimum atomic E-state index is -0.353. The van der Waals surface area contributed by atoms with Crippen LogP contribution in [-0.2, 0) is 11.3 Å². The van der Waals surface area contributed by atoms with Crippen LogP contribution in [-0.4, -0.2) is 41.9 Å². The third-order valence-corrected chi connectivity index (χ3v) is 5.86. The standard InChI is InChI=1S/C20H20N2O4S/c1-12-4-6-15(27-12)10-21-18(23)13-5-7-16-17(9-13)20(25)22(19(16)24)11-14-3-2-8-26-14/h4-7,9,14H,2-3,8,10-11H2,1H3,(H,21,23)/t14-/m0/s1. The molecule has 2 aliphatic rings. The van der Waals surface area contributed by atoms with E-state index in [-0.39, 0.29) is 35.9 Å². The van der Waals surface area contributed by atoms with Crippen molar-refractivity contribution in [1.82, 2.24) is 10.2 Å². The minimum absolute atomic E-state index is 0.0933. The Morgan fingerprint density at radius 1 is 1.22 bits per heavy atom. The number of nitrogens with zero attached hydrogens (tertiary/aromatic N) is 1. The Kier molecular flexibility index (Phi) is 4.80. The van der Waals surface area contributed by atoms with Crippen LogP contribution in [0.25, 0.3) is 0 Å². The summed E-state index contributed by atoms with van der Waals surface area (Å²) >= 11 is 1.63. The van der Waals surface area contributed by atoms with Gasteiger partial charge in [0.05, 0.1) is 30.3 Å². The molecule has 4 rings (SSSR count). The van der Waals surface area contributed by atoms with Crippen LogP contribution in [0.3, 0.4) is 0 Å². The number of nitrogens with one attached hydrogen (secondary N) is 1. The number of aryl methyl sites for hydroxylation is 1. The minimum Gasteiger partial charge on any atom is -0.376 e. The molecule has 1 saturated heterocycles. The zero-order valence-electron chi connectivity index (χ0n) is 15.0. The third-order valence-electron chi connectivity index (χ3n) is 4.86. The SMILES string of the molecule is Cc1ccc(CNC(=O)c2ccc3c(c2)C(=O)N(C[C@@H]2CCCO2)C3=O)s1. The van der Waals surface area contributed by atoms with E-state index in [0.29, 0.717) is 24.3 Å². The molecule has 0 radical (unpaired) electrons. The maximum absolute atomic E-state index is 12.7. The molecule has 1 fully saturated rings. The number of fused-ring (bicyclic) bond motifs is 1. The molecule has 0 bridgehead atoms. The average Bonchev–Trinajstić information content (AvgIpc) is 3.38. The molecule has 3 amide bonds. The molecule has 2 aliphatic heterocycles. The molecule has 1 aromatic carbocycles. The van der Waals surface area contributed by atoms with E-state index in [4.69, 9.17) is 4.74 Å². The quantitative estimate of drug-likeness (QED) is 0.805. The zero-order chi connectivity index (χ0) is 19.0. The Morgan fingerprint density at radius 3 is 2.74 bits per heavy atom. The molecule has 7 heteroatoms. The van der Waals surface area contributed by atoms with Gasteiger partial charge < -0.3 is 10.1 Å². The lowest BCUT2D eigenvalue weighted by atomic mass is 10.1. The van der Waals surface area contributed by atoms with Crippen molar-refractivity contribution in [2.75, 3.05) is 13.2 Å². The molecule has 2 aromatic rings. The largest absolute Gasteiger partial charge is 0.376 e. The fourth-order valence-electron chi connectivity index (χ4n) is 3.44. The van der Waals surface area contributed by atoms with E-state index in [9.17, 15) is 14.4 Å². The summed E-state index contributed by atoms with van der Waals surface area (Å²) in [6, 6.07) is 8.66. The predicted octanol–water partition coefficient (Wildman–Crippen LogP) is 2.76. The number of carbonyl (C=O) groups excluding carboxylic acids is 3. The van der Waals surface area contributed by atoms with Crippen LogP contribution in [0.2, 0.25) is 0 Å². The highest BCUT2D eigenvalue weighted by Gasteiger charge is 2.37. The second-order valence-corrected chi connectivity index (χ2v) is 8.18. The Morgan fingerprint density at radius 2 is 2.04 bits per heavy atom. The van der Waals surface area contributed by atoms with E-state index in [1.54, 1.807) is 23.5 Å². The second kappa shape index (κ2) is 7.25. The normalized spacial score (nSPS) is 18.9. The van der Waals surface area contributed by atoms with Crippen LogP contribution in [0.5, 0.6) is 0 Å². The highest BCUT2D eigenvalue weighted by atomic mass is 32.1. The molecule has 1 atom stereocenters. The van der Waals surface area contributed by atoms with Crippen molar-refractivity contribution in [2.45, 2.75) is 32.4 Å². The van der Waals surface area contributed by atoms with Crippen LogP contribution in [0, 0.1) is 6.92 Å². The summed E-state index contributed by atoms with van der Waals surface area (Å²) in [5, 5.41) is 2.86. The molecular weight excluding hydrogens is 364 g/mol. The smallest absolute Gasteiger partial charge is 0.261 e. The summed E-state index contributed by atoms with van der Waals surface area (Å²) in [5.74, 6) is -0.928. The first-order valence-electron chi connectivity index (χ1n) is 8.98. The van der Waals surface area contributed by atoms with Crippen molar-refractivity contribution in [3.63, 3.8) is 0 Å². The van der Waals surface area contributed by atoms with Crippen molar-refractivity contribution < 1.29 is 19.1 Å². The summed E-state index contributed by atoms with van der Waals surface area (Å²) in [6.45, 7) is 3.39. The van der Waals surface area contributed by atoms with Gasteiger partial charge in [-0.2, -0.15) is 0 Å². The maximum atomic E-state index is 12.7. The van der Waals surface area contributed by atoms with Crippen molar-refractivity contribution in [2.24, 2.45) is 0 Å². The van der Waals surface area contributed by atoms with Gasteiger partial charge in [0.25, 0.3) is 17.7 Å². The summed E-state index contributed by atoms with van der Waals surface area (Å²) in [5.41, 5.74) is 1.02. The Hall–Kier alpha value is -2.51. The van der Waals surface area contributed by atoms with Crippen molar-refractivity contribution in [3.8, 4) is 0 Å². The number of carbonyl (C=O) groups is 3. The van der Waals surface area contributed by atoms with Gasteiger partial charge in [-0.3, -0.25) is 19.3 Å². The molecule has 0 saturated carbocycles. The lowest BCUT2D eigenvalue weighted by Crippen LogP contribution is -2.36. The number of thiophene rings is 1. The van der Waals surface area contributed by atoms with E-state index in [1.165, 1.54) is 15.8 Å². The first-order chi connectivity index (χ1) is 13.0. The fourth-order valence-corrected chi connectivity index (χ4v) is 4.27. The molecule has 1 N–H and O–H groups in total. The van der Waals surface area contributed by atoms with E-state index in [2.05, 4.69) is 5.32 Å². The molecule has 27 heavy (non-hydrogen) atoms. The van der Waals surface area contributed by atoms with E-state index >= 15 is 0 Å². The van der Waals surface area contributed by atoms with Gasteiger partial charge in [0.2, 0.25) is 0 Å². The second-order valence-electron chi connectivity index (χ2n) is 6.81. The molecular formula is C20H20N2O4S. The lowest BCUT2D eigenvalue weighted by molar-refractivity contribution is 0.0475. The van der Waals surface area contributed by atoms with Gasteiger partial charge in [-0.25, -0.2) is 0 Å². The Bertz CT molecular complexity index is 914. The first kappa shape index (κ1) is 17.9. The number of imide groups is 1. The summed E-state index contributed by atoms with van der Waals surface area (Å²) in [6.07, 6.45) is 1.70. The van der Waals surface area contributed by atoms with Crippen LogP contribution in [0.1, 0.15) is 53.7 Å². The predicted molar refractivity (Wildman–Crippen MR) is 101 cm³/mol. The summed E-state index contributed by atoms with van der Waals surface area (Å²) in [4.78, 5) is 41.1. The van der Waals surface area contributed by atoms with Crippen molar-refractivity contribution >= 4 is 29.1 Å². The third kappa shape index (κ3) is 3.52. The number of hydrogen-bond acceptors (Lipinski definition) is 5. The molecule has 140 valence electrons. The van der Waals surface area contributed by atoms with Crippen molar-refractivity contribution in [3.05, 3.63) is 56.8 Å². The number of benzene rings is 1. The molecule has 0 aliphatic carbocycles. The fraction of sp³-hybridized carbons (Fsp3) is 0.350. The molecule has 0 spiro atoms. The van der Waals surface area contributed by atoms with Crippen LogP contribution in [0.4, 0.5) is 0 Å². The van der Waals surface area contributed by atoms with Gasteiger partial charge in [-0.15, -0.1) is 11.3 Å². The van der Waals surface area contributed by atoms with E-state index in [1.807, 2.05) is 19.1 Å². The van der Waals surface area contributed by atoms with Crippen LogP contribution < -0.4 is 5.32 Å². The number of hydrogen-bond donors (Lipinski definition) is 1. The van der Waals surface area contributed by atoms with E-state index in [0.717, 1.165) is 17.7 Å². The van der Waals surface area contributed by atoms with Gasteiger partial charge in [0.15, 0.2) is 0 Å². The number of ether oxygens (including phenoxy) is 1. The van der Waals surface area contributed by atoms with Crippen molar-refractivity contribution in [1.29, 1.82) is 0 Å². The van der Waals surface area contributed by atoms with Gasteiger partial charge >= 0.3 is 0 Å². The zero-order valence-corrected chi connectivity index (χ0v) is 15.8. The van der Waals surface area contributed by atoms with E-state index < -0.39 is 0 Å². The van der Waals surface area contributed by atoms with Gasteiger partial charge in [0.1, 0.15) is 0 Å². The summed E-state index contributed by atoms with van der Waals surface area (Å²) < 4.78 is 5.54. The van der Waals surface area contributed by atoms with Gasteiger partial charge in [0, 0.05) is 21.9 Å². The van der Waals surface area contributed by atoms with Crippen LogP contribution in [0.15, 0.2) is 30.3 Å². The topological polar surface area (TPSA) is 75.7 Å². The lowest BCUT2D eigenvalue weighted by Gasteiger charge is -2.17. The maximum Gasteiger partial charge on any atom is 0.261 e. The monoisotopic (exact) mass is 384 g/mol.